The van der Waals surface area contributed by atoms with Gasteiger partial charge in [0.15, 0.2) is 0 Å². The standard InChI is InChI=1S/C23H17Cl2N3O6S/c1-13(29)26-14-6-9-16(10-7-14)35(31,32)34-22-17-12-15(33-2)8-11-20(17)28(27-22)23(30)21-18(24)4-3-5-19(21)25/h3-12H,1-2H3,(H,26,29). The highest BCUT2D eigenvalue weighted by Gasteiger charge is 2.26. The largest absolute Gasteiger partial charge is 0.497 e. The van der Waals surface area contributed by atoms with Gasteiger partial charge in [-0.05, 0) is 54.6 Å². The molecule has 0 spiro atoms. The molecule has 1 heterocycles. The first-order chi connectivity index (χ1) is 16.6. The van der Waals surface area contributed by atoms with E-state index in [1.807, 2.05) is 0 Å². The van der Waals surface area contributed by atoms with Gasteiger partial charge in [0.1, 0.15) is 10.6 Å². The first-order valence-corrected chi connectivity index (χ1v) is 12.1. The number of hydrogen-bond donors (Lipinski definition) is 1. The lowest BCUT2D eigenvalue weighted by Crippen LogP contribution is -2.15. The number of anilines is 1. The van der Waals surface area contributed by atoms with E-state index in [2.05, 4.69) is 10.4 Å². The normalized spacial score (nSPS) is 11.3. The van der Waals surface area contributed by atoms with Crippen molar-refractivity contribution in [1.82, 2.24) is 9.78 Å². The summed E-state index contributed by atoms with van der Waals surface area (Å²) in [4.78, 5) is 24.3. The highest BCUT2D eigenvalue weighted by molar-refractivity contribution is 7.87. The van der Waals surface area contributed by atoms with Gasteiger partial charge in [-0.1, -0.05) is 29.3 Å². The number of hydrogen-bond acceptors (Lipinski definition) is 7. The number of halogens is 2. The summed E-state index contributed by atoms with van der Waals surface area (Å²) in [5, 5.41) is 7.09. The second kappa shape index (κ2) is 9.57. The molecule has 0 atom stereocenters. The molecule has 3 aromatic carbocycles. The molecule has 0 radical (unpaired) electrons. The third-order valence-corrected chi connectivity index (χ3v) is 6.73. The van der Waals surface area contributed by atoms with Crippen molar-refractivity contribution >= 4 is 61.7 Å². The van der Waals surface area contributed by atoms with Crippen molar-refractivity contribution in [2.24, 2.45) is 0 Å². The number of rotatable bonds is 6. The third-order valence-electron chi connectivity index (χ3n) is 4.87. The maximum atomic E-state index is 13.3. The predicted molar refractivity (Wildman–Crippen MR) is 131 cm³/mol. The Morgan fingerprint density at radius 2 is 1.66 bits per heavy atom. The van der Waals surface area contributed by atoms with E-state index in [0.29, 0.717) is 11.4 Å². The van der Waals surface area contributed by atoms with Gasteiger partial charge in [-0.15, -0.1) is 5.10 Å². The molecule has 0 aliphatic heterocycles. The maximum Gasteiger partial charge on any atom is 0.340 e. The van der Waals surface area contributed by atoms with E-state index >= 15 is 0 Å². The van der Waals surface area contributed by atoms with E-state index in [0.717, 1.165) is 4.68 Å². The number of carbonyl (C=O) groups excluding carboxylic acids is 2. The number of amides is 1. The van der Waals surface area contributed by atoms with Crippen molar-refractivity contribution in [3.8, 4) is 11.6 Å². The van der Waals surface area contributed by atoms with Gasteiger partial charge in [-0.3, -0.25) is 9.59 Å². The molecule has 9 nitrogen and oxygen atoms in total. The van der Waals surface area contributed by atoms with Crippen molar-refractivity contribution in [3.05, 3.63) is 76.3 Å². The first kappa shape index (κ1) is 24.5. The average molecular weight is 534 g/mol. The van der Waals surface area contributed by atoms with E-state index in [1.54, 1.807) is 12.1 Å². The molecule has 0 fully saturated rings. The molecule has 12 heteroatoms. The number of ether oxygens (including phenoxy) is 1. The monoisotopic (exact) mass is 533 g/mol. The van der Waals surface area contributed by atoms with Crippen LogP contribution in [0.25, 0.3) is 10.9 Å². The molecule has 1 amide bonds. The zero-order valence-corrected chi connectivity index (χ0v) is 20.6. The van der Waals surface area contributed by atoms with E-state index < -0.39 is 16.0 Å². The van der Waals surface area contributed by atoms with E-state index in [-0.39, 0.29) is 43.2 Å². The SMILES string of the molecule is COc1ccc2c(c1)c(OS(=O)(=O)c1ccc(NC(C)=O)cc1)nn2C(=O)c1c(Cl)cccc1Cl. The van der Waals surface area contributed by atoms with Crippen LogP contribution in [0, 0.1) is 0 Å². The molecule has 4 rings (SSSR count). The third kappa shape index (κ3) is 4.95. The van der Waals surface area contributed by atoms with Gasteiger partial charge in [0.2, 0.25) is 5.91 Å². The van der Waals surface area contributed by atoms with Gasteiger partial charge in [0, 0.05) is 12.6 Å². The number of aromatic nitrogens is 2. The number of nitrogens with one attached hydrogen (secondary N) is 1. The molecule has 0 aliphatic carbocycles. The predicted octanol–water partition coefficient (Wildman–Crippen LogP) is 4.77. The van der Waals surface area contributed by atoms with Crippen molar-refractivity contribution in [2.45, 2.75) is 11.8 Å². The van der Waals surface area contributed by atoms with Gasteiger partial charge in [0.05, 0.1) is 33.6 Å². The lowest BCUT2D eigenvalue weighted by molar-refractivity contribution is -0.114. The van der Waals surface area contributed by atoms with Crippen LogP contribution in [0.2, 0.25) is 10.0 Å². The number of fused-ring (bicyclic) bond motifs is 1. The van der Waals surface area contributed by atoms with E-state index in [9.17, 15) is 18.0 Å². The van der Waals surface area contributed by atoms with Gasteiger partial charge >= 0.3 is 10.1 Å². The Hall–Kier alpha value is -3.60. The molecule has 1 aromatic heterocycles. The van der Waals surface area contributed by atoms with Crippen LogP contribution in [0.3, 0.4) is 0 Å². The molecule has 0 saturated heterocycles. The summed E-state index contributed by atoms with van der Waals surface area (Å²) in [6, 6.07) is 14.6. The van der Waals surface area contributed by atoms with Gasteiger partial charge in [-0.25, -0.2) is 0 Å². The lowest BCUT2D eigenvalue weighted by atomic mass is 10.2. The van der Waals surface area contributed by atoms with E-state index in [4.69, 9.17) is 32.1 Å². The molecule has 0 aliphatic rings. The number of nitrogens with zero attached hydrogens (tertiary/aromatic N) is 2. The summed E-state index contributed by atoms with van der Waals surface area (Å²) in [6.07, 6.45) is 0. The number of carbonyl (C=O) groups is 2. The Balaban J connectivity index is 1.79. The molecule has 1 N–H and O–H groups in total. The van der Waals surface area contributed by atoms with Crippen molar-refractivity contribution in [1.29, 1.82) is 0 Å². The van der Waals surface area contributed by atoms with Crippen LogP contribution >= 0.6 is 23.2 Å². The second-order valence-electron chi connectivity index (χ2n) is 7.24. The Morgan fingerprint density at radius 3 is 2.26 bits per heavy atom. The fourth-order valence-electron chi connectivity index (χ4n) is 3.28. The first-order valence-electron chi connectivity index (χ1n) is 9.98. The molecule has 180 valence electrons. The molecule has 0 saturated carbocycles. The topological polar surface area (TPSA) is 117 Å². The van der Waals surface area contributed by atoms with Crippen molar-refractivity contribution < 1.29 is 26.9 Å². The average Bonchev–Trinajstić information content (AvgIpc) is 3.15. The van der Waals surface area contributed by atoms with Gasteiger partial charge in [0.25, 0.3) is 11.8 Å². The summed E-state index contributed by atoms with van der Waals surface area (Å²) in [5.74, 6) is -0.933. The van der Waals surface area contributed by atoms with Crippen LogP contribution in [-0.2, 0) is 14.9 Å². The Morgan fingerprint density at radius 1 is 1.00 bits per heavy atom. The Labute approximate surface area is 210 Å². The van der Waals surface area contributed by atoms with Gasteiger partial charge in [-0.2, -0.15) is 13.1 Å². The van der Waals surface area contributed by atoms with Crippen molar-refractivity contribution in [2.75, 3.05) is 12.4 Å². The molecule has 35 heavy (non-hydrogen) atoms. The zero-order chi connectivity index (χ0) is 25.3. The maximum absolute atomic E-state index is 13.3. The summed E-state index contributed by atoms with van der Waals surface area (Å²) < 4.78 is 37.5. The highest BCUT2D eigenvalue weighted by atomic mass is 35.5. The quantitative estimate of drug-likeness (QED) is 0.355. The minimum atomic E-state index is -4.36. The molecule has 4 aromatic rings. The lowest BCUT2D eigenvalue weighted by Gasteiger charge is -2.07. The van der Waals surface area contributed by atoms with Gasteiger partial charge < -0.3 is 14.2 Å². The van der Waals surface area contributed by atoms with Crippen LogP contribution in [0.1, 0.15) is 17.3 Å². The summed E-state index contributed by atoms with van der Waals surface area (Å²) >= 11 is 12.4. The van der Waals surface area contributed by atoms with Crippen LogP contribution < -0.4 is 14.2 Å². The molecular formula is C23H17Cl2N3O6S. The molecule has 0 bridgehead atoms. The Kier molecular flexibility index (Phi) is 6.70. The zero-order valence-electron chi connectivity index (χ0n) is 18.3. The number of methoxy groups -OCH3 is 1. The van der Waals surface area contributed by atoms with Crippen LogP contribution in [-0.4, -0.2) is 37.1 Å². The van der Waals surface area contributed by atoms with Crippen LogP contribution in [0.15, 0.2) is 65.6 Å². The highest BCUT2D eigenvalue weighted by Crippen LogP contribution is 2.33. The summed E-state index contributed by atoms with van der Waals surface area (Å²) in [7, 11) is -2.92. The van der Waals surface area contributed by atoms with Crippen molar-refractivity contribution in [3.63, 3.8) is 0 Å². The minimum absolute atomic E-state index is 0.000909. The second-order valence-corrected chi connectivity index (χ2v) is 9.61. The van der Waals surface area contributed by atoms with Crippen LogP contribution in [0.4, 0.5) is 5.69 Å². The molecular weight excluding hydrogens is 517 g/mol. The summed E-state index contributed by atoms with van der Waals surface area (Å²) in [6.45, 7) is 1.33. The fraction of sp³-hybridized carbons (Fsp3) is 0.0870. The minimum Gasteiger partial charge on any atom is -0.497 e. The fourth-order valence-corrected chi connectivity index (χ4v) is 4.74. The molecule has 0 unspecified atom stereocenters. The van der Waals surface area contributed by atoms with Crippen LogP contribution in [0.5, 0.6) is 11.6 Å². The summed E-state index contributed by atoms with van der Waals surface area (Å²) in [5.41, 5.74) is 0.662. The number of benzene rings is 3. The Bertz CT molecular complexity index is 1550. The van der Waals surface area contributed by atoms with E-state index in [1.165, 1.54) is 62.6 Å². The smallest absolute Gasteiger partial charge is 0.340 e.